The predicted octanol–water partition coefficient (Wildman–Crippen LogP) is 12.9. The number of hydrogen-bond acceptors (Lipinski definition) is 2. The van der Waals surface area contributed by atoms with Crippen LogP contribution in [0, 0.1) is 0 Å². The lowest BCUT2D eigenvalue weighted by atomic mass is 10.0. The van der Waals surface area contributed by atoms with Gasteiger partial charge in [0.15, 0.2) is 0 Å². The number of unbranched alkanes of at least 4 members (excludes halogenated alkanes) is 25. The van der Waals surface area contributed by atoms with Crippen LogP contribution >= 0.6 is 0 Å². The van der Waals surface area contributed by atoms with Crippen LogP contribution in [-0.2, 0) is 9.47 Å². The predicted molar refractivity (Wildman–Crippen MR) is 176 cm³/mol. The Morgan fingerprint density at radius 2 is 0.744 bits per heavy atom. The third kappa shape index (κ3) is 35.6. The van der Waals surface area contributed by atoms with E-state index in [9.17, 15) is 0 Å². The van der Waals surface area contributed by atoms with Gasteiger partial charge in [-0.15, -0.1) is 0 Å². The Balaban J connectivity index is 3.17. The molecule has 0 heterocycles. The molecule has 0 aliphatic carbocycles. The van der Waals surface area contributed by atoms with Gasteiger partial charge in [-0.05, 0) is 45.4 Å². The van der Waals surface area contributed by atoms with Gasteiger partial charge in [0, 0.05) is 13.2 Å². The van der Waals surface area contributed by atoms with Crippen LogP contribution in [-0.4, -0.2) is 25.9 Å². The van der Waals surface area contributed by atoms with Gasteiger partial charge in [0.25, 0.3) is 0 Å². The topological polar surface area (TPSA) is 18.5 Å². The summed E-state index contributed by atoms with van der Waals surface area (Å²) in [6.45, 7) is 9.29. The summed E-state index contributed by atoms with van der Waals surface area (Å²) < 4.78 is 11.8. The standard InChI is InChI=1S/C37H74O2/c1-4-6-8-10-12-14-16-18-20-21-23-25-27-29-31-33-35-39-37(3)36-38-34-32-30-28-26-24-22-19-17-15-13-11-9-7-5-2/h18,20,37H,4-17,19,21-36H2,1-3H3. The zero-order valence-electron chi connectivity index (χ0n) is 27.5. The molecule has 0 aromatic heterocycles. The summed E-state index contributed by atoms with van der Waals surface area (Å²) in [6.07, 6.45) is 43.7. The van der Waals surface area contributed by atoms with Gasteiger partial charge in [0.05, 0.1) is 12.7 Å². The molecule has 0 aromatic rings. The van der Waals surface area contributed by atoms with Gasteiger partial charge in [-0.25, -0.2) is 0 Å². The quantitative estimate of drug-likeness (QED) is 0.0586. The van der Waals surface area contributed by atoms with Gasteiger partial charge in [0.2, 0.25) is 0 Å². The molecule has 0 N–H and O–H groups in total. The Bertz CT molecular complexity index is 447. The highest BCUT2D eigenvalue weighted by Gasteiger charge is 2.02. The van der Waals surface area contributed by atoms with Gasteiger partial charge in [-0.3, -0.25) is 0 Å². The molecule has 1 atom stereocenters. The molecule has 234 valence electrons. The molecule has 0 aliphatic heterocycles. The van der Waals surface area contributed by atoms with Crippen LogP contribution in [0.25, 0.3) is 0 Å². The van der Waals surface area contributed by atoms with Gasteiger partial charge in [-0.1, -0.05) is 167 Å². The first-order valence-corrected chi connectivity index (χ1v) is 18.2. The summed E-state index contributed by atoms with van der Waals surface area (Å²) >= 11 is 0. The van der Waals surface area contributed by atoms with Crippen molar-refractivity contribution in [3.05, 3.63) is 12.2 Å². The Morgan fingerprint density at radius 1 is 0.410 bits per heavy atom. The molecule has 2 nitrogen and oxygen atoms in total. The van der Waals surface area contributed by atoms with Crippen molar-refractivity contribution in [2.45, 2.75) is 207 Å². The van der Waals surface area contributed by atoms with Crippen LogP contribution in [0.4, 0.5) is 0 Å². The van der Waals surface area contributed by atoms with Crippen molar-refractivity contribution in [2.75, 3.05) is 19.8 Å². The minimum atomic E-state index is 0.236. The average molecular weight is 551 g/mol. The number of ether oxygens (including phenoxy) is 2. The smallest absolute Gasteiger partial charge is 0.0780 e. The molecule has 0 rings (SSSR count). The second-order valence-electron chi connectivity index (χ2n) is 12.3. The maximum absolute atomic E-state index is 5.95. The number of hydrogen-bond donors (Lipinski definition) is 0. The minimum absolute atomic E-state index is 0.236. The number of allylic oxidation sites excluding steroid dienone is 2. The summed E-state index contributed by atoms with van der Waals surface area (Å²) in [7, 11) is 0. The van der Waals surface area contributed by atoms with Crippen molar-refractivity contribution < 1.29 is 9.47 Å². The van der Waals surface area contributed by atoms with E-state index in [1.54, 1.807) is 0 Å². The fourth-order valence-corrected chi connectivity index (χ4v) is 5.33. The number of rotatable bonds is 34. The Labute approximate surface area is 247 Å². The minimum Gasteiger partial charge on any atom is -0.379 e. The van der Waals surface area contributed by atoms with E-state index in [0.29, 0.717) is 0 Å². The first-order chi connectivity index (χ1) is 19.3. The molecule has 0 saturated carbocycles. The van der Waals surface area contributed by atoms with E-state index in [-0.39, 0.29) is 6.10 Å². The van der Waals surface area contributed by atoms with Gasteiger partial charge < -0.3 is 9.47 Å². The van der Waals surface area contributed by atoms with Gasteiger partial charge in [0.1, 0.15) is 0 Å². The van der Waals surface area contributed by atoms with Gasteiger partial charge in [-0.2, -0.15) is 0 Å². The average Bonchev–Trinajstić information content (AvgIpc) is 2.94. The third-order valence-electron chi connectivity index (χ3n) is 8.05. The van der Waals surface area contributed by atoms with Crippen molar-refractivity contribution in [3.63, 3.8) is 0 Å². The molecule has 1 unspecified atom stereocenters. The fourth-order valence-electron chi connectivity index (χ4n) is 5.33. The zero-order valence-corrected chi connectivity index (χ0v) is 27.5. The molecular formula is C37H74O2. The first kappa shape index (κ1) is 38.7. The summed E-state index contributed by atoms with van der Waals surface area (Å²) in [5.41, 5.74) is 0. The molecule has 0 fully saturated rings. The Morgan fingerprint density at radius 3 is 1.15 bits per heavy atom. The van der Waals surface area contributed by atoms with E-state index in [0.717, 1.165) is 19.8 Å². The summed E-state index contributed by atoms with van der Waals surface area (Å²) in [6, 6.07) is 0. The second kappa shape index (κ2) is 35.7. The Kier molecular flexibility index (Phi) is 35.4. The van der Waals surface area contributed by atoms with E-state index in [2.05, 4.69) is 32.9 Å². The van der Waals surface area contributed by atoms with E-state index in [1.165, 1.54) is 180 Å². The van der Waals surface area contributed by atoms with Crippen molar-refractivity contribution in [1.29, 1.82) is 0 Å². The normalized spacial score (nSPS) is 12.6. The fraction of sp³-hybridized carbons (Fsp3) is 0.946. The summed E-state index contributed by atoms with van der Waals surface area (Å²) in [4.78, 5) is 0. The van der Waals surface area contributed by atoms with E-state index >= 15 is 0 Å². The second-order valence-corrected chi connectivity index (χ2v) is 12.3. The van der Waals surface area contributed by atoms with Crippen LogP contribution in [0.5, 0.6) is 0 Å². The Hall–Kier alpha value is -0.340. The molecule has 39 heavy (non-hydrogen) atoms. The highest BCUT2D eigenvalue weighted by Crippen LogP contribution is 2.13. The molecule has 0 amide bonds. The first-order valence-electron chi connectivity index (χ1n) is 18.2. The highest BCUT2D eigenvalue weighted by atomic mass is 16.5. The van der Waals surface area contributed by atoms with E-state index in [1.807, 2.05) is 0 Å². The maximum Gasteiger partial charge on any atom is 0.0780 e. The lowest BCUT2D eigenvalue weighted by molar-refractivity contribution is -0.00869. The largest absolute Gasteiger partial charge is 0.379 e. The molecule has 0 aliphatic rings. The van der Waals surface area contributed by atoms with Crippen molar-refractivity contribution >= 4 is 0 Å². The molecule has 0 saturated heterocycles. The van der Waals surface area contributed by atoms with Crippen molar-refractivity contribution in [2.24, 2.45) is 0 Å². The van der Waals surface area contributed by atoms with Crippen LogP contribution in [0.1, 0.15) is 201 Å². The maximum atomic E-state index is 5.95. The SMILES string of the molecule is CCCCCCCCC=CCCCCCCCCOC(C)COCCCCCCCCCCCCCCCC. The molecule has 0 bridgehead atoms. The summed E-state index contributed by atoms with van der Waals surface area (Å²) in [5, 5.41) is 0. The molecular weight excluding hydrogens is 476 g/mol. The molecule has 0 radical (unpaired) electrons. The van der Waals surface area contributed by atoms with E-state index in [4.69, 9.17) is 9.47 Å². The summed E-state index contributed by atoms with van der Waals surface area (Å²) in [5.74, 6) is 0. The van der Waals surface area contributed by atoms with E-state index < -0.39 is 0 Å². The lowest BCUT2D eigenvalue weighted by Gasteiger charge is -2.13. The molecule has 0 aromatic carbocycles. The lowest BCUT2D eigenvalue weighted by Crippen LogP contribution is -2.17. The third-order valence-corrected chi connectivity index (χ3v) is 8.05. The monoisotopic (exact) mass is 551 g/mol. The van der Waals surface area contributed by atoms with Crippen molar-refractivity contribution in [3.8, 4) is 0 Å². The zero-order chi connectivity index (χ0) is 28.3. The van der Waals surface area contributed by atoms with Crippen molar-refractivity contribution in [1.82, 2.24) is 0 Å². The van der Waals surface area contributed by atoms with Crippen LogP contribution < -0.4 is 0 Å². The van der Waals surface area contributed by atoms with Crippen LogP contribution in [0.15, 0.2) is 12.2 Å². The van der Waals surface area contributed by atoms with Crippen LogP contribution in [0.2, 0.25) is 0 Å². The van der Waals surface area contributed by atoms with Crippen LogP contribution in [0.3, 0.4) is 0 Å². The molecule has 2 heteroatoms. The highest BCUT2D eigenvalue weighted by molar-refractivity contribution is 4.81. The van der Waals surface area contributed by atoms with Gasteiger partial charge >= 0.3 is 0 Å². The molecule has 0 spiro atoms.